The number of rotatable bonds is 8. The van der Waals surface area contributed by atoms with Crippen LogP contribution in [-0.4, -0.2) is 43.8 Å². The molecule has 0 aliphatic heterocycles. The van der Waals surface area contributed by atoms with Crippen LogP contribution in [0.2, 0.25) is 0 Å². The highest BCUT2D eigenvalue weighted by atomic mass is 35.5. The van der Waals surface area contributed by atoms with E-state index in [1.807, 2.05) is 0 Å². The van der Waals surface area contributed by atoms with Gasteiger partial charge in [-0.25, -0.2) is 4.79 Å². The predicted octanol–water partition coefficient (Wildman–Crippen LogP) is 3.55. The van der Waals surface area contributed by atoms with Crippen LogP contribution in [-0.2, 0) is 4.74 Å². The third kappa shape index (κ3) is 5.67. The number of alkyl carbamates (subject to hydrolysis) is 1. The number of likely N-dealkylation sites (N-methyl/N-ethyl adjacent to an activating group) is 1. The van der Waals surface area contributed by atoms with Gasteiger partial charge in [-0.3, -0.25) is 0 Å². The number of ether oxygens (including phenoxy) is 1. The van der Waals surface area contributed by atoms with Crippen LogP contribution in [0.3, 0.4) is 0 Å². The first-order valence-electron chi connectivity index (χ1n) is 8.08. The first kappa shape index (κ1) is 20.5. The summed E-state index contributed by atoms with van der Waals surface area (Å²) in [6.45, 7) is 15.1. The Kier molecular flexibility index (Phi) is 9.30. The molecule has 0 heterocycles. The Morgan fingerprint density at radius 1 is 1.24 bits per heavy atom. The second-order valence-electron chi connectivity index (χ2n) is 6.40. The fourth-order valence-corrected chi connectivity index (χ4v) is 3.23. The molecule has 0 saturated heterocycles. The maximum absolute atomic E-state index is 11.7. The highest BCUT2D eigenvalue weighted by Crippen LogP contribution is 2.52. The summed E-state index contributed by atoms with van der Waals surface area (Å²) < 4.78 is 5.22. The van der Waals surface area contributed by atoms with Gasteiger partial charge in [0.05, 0.1) is 0 Å². The normalized spacial score (nSPS) is 23.1. The van der Waals surface area contributed by atoms with Crippen LogP contribution in [0.1, 0.15) is 47.5 Å². The molecule has 126 valence electrons. The van der Waals surface area contributed by atoms with Crippen molar-refractivity contribution >= 4 is 18.5 Å². The summed E-state index contributed by atoms with van der Waals surface area (Å²) >= 11 is 0. The van der Waals surface area contributed by atoms with Crippen molar-refractivity contribution in [1.82, 2.24) is 10.2 Å². The van der Waals surface area contributed by atoms with E-state index in [9.17, 15) is 4.79 Å². The zero-order valence-electron chi connectivity index (χ0n) is 14.3. The fraction of sp³-hybridized carbons (Fsp3) is 0.938. The van der Waals surface area contributed by atoms with Gasteiger partial charge in [-0.1, -0.05) is 41.0 Å². The van der Waals surface area contributed by atoms with Gasteiger partial charge in [0.25, 0.3) is 0 Å². The van der Waals surface area contributed by atoms with Crippen LogP contribution in [0.25, 0.3) is 0 Å². The lowest BCUT2D eigenvalue weighted by molar-refractivity contribution is -0.0210. The summed E-state index contributed by atoms with van der Waals surface area (Å²) in [6.07, 6.45) is 2.19. The molecule has 1 fully saturated rings. The smallest absolute Gasteiger partial charge is 0.407 e. The summed E-state index contributed by atoms with van der Waals surface area (Å²) in [5, 5.41) is 2.91. The molecule has 0 aromatic heterocycles. The molecule has 1 rings (SSSR count). The lowest BCUT2D eigenvalue weighted by Gasteiger charge is -2.52. The zero-order valence-corrected chi connectivity index (χ0v) is 15.1. The van der Waals surface area contributed by atoms with Crippen LogP contribution < -0.4 is 5.32 Å². The topological polar surface area (TPSA) is 41.6 Å². The van der Waals surface area contributed by atoms with Gasteiger partial charge in [-0.05, 0) is 36.8 Å². The van der Waals surface area contributed by atoms with Gasteiger partial charge >= 0.3 is 6.09 Å². The van der Waals surface area contributed by atoms with E-state index in [4.69, 9.17) is 4.74 Å². The van der Waals surface area contributed by atoms with E-state index in [1.54, 1.807) is 0 Å². The highest BCUT2D eigenvalue weighted by molar-refractivity contribution is 5.85. The van der Waals surface area contributed by atoms with E-state index in [0.717, 1.165) is 32.1 Å². The van der Waals surface area contributed by atoms with Gasteiger partial charge in [-0.15, -0.1) is 12.4 Å². The molecule has 1 aliphatic rings. The summed E-state index contributed by atoms with van der Waals surface area (Å²) in [5.41, 5.74) is 0.350. The molecule has 0 aromatic carbocycles. The fourth-order valence-electron chi connectivity index (χ4n) is 3.23. The van der Waals surface area contributed by atoms with Gasteiger partial charge in [0, 0.05) is 13.1 Å². The van der Waals surface area contributed by atoms with Gasteiger partial charge in [0.1, 0.15) is 6.61 Å². The summed E-state index contributed by atoms with van der Waals surface area (Å²) in [6, 6.07) is 0. The van der Waals surface area contributed by atoms with Crippen LogP contribution in [0.4, 0.5) is 4.79 Å². The Morgan fingerprint density at radius 3 is 2.33 bits per heavy atom. The molecule has 2 unspecified atom stereocenters. The first-order valence-corrected chi connectivity index (χ1v) is 8.08. The Bertz CT molecular complexity index is 307. The Morgan fingerprint density at radius 2 is 1.86 bits per heavy atom. The number of nitrogens with one attached hydrogen (secondary N) is 1. The largest absolute Gasteiger partial charge is 0.448 e. The van der Waals surface area contributed by atoms with E-state index in [-0.39, 0.29) is 18.5 Å². The van der Waals surface area contributed by atoms with Gasteiger partial charge in [0.2, 0.25) is 0 Å². The minimum absolute atomic E-state index is 0. The second-order valence-corrected chi connectivity index (χ2v) is 6.40. The van der Waals surface area contributed by atoms with Gasteiger partial charge in [-0.2, -0.15) is 0 Å². The van der Waals surface area contributed by atoms with Crippen LogP contribution in [0, 0.1) is 17.3 Å². The lowest BCUT2D eigenvalue weighted by Crippen LogP contribution is -2.49. The average molecular weight is 321 g/mol. The second kappa shape index (κ2) is 9.52. The Hall–Kier alpha value is -0.480. The molecule has 5 heteroatoms. The van der Waals surface area contributed by atoms with Crippen molar-refractivity contribution in [2.75, 3.05) is 32.8 Å². The van der Waals surface area contributed by atoms with E-state index >= 15 is 0 Å². The molecule has 1 amide bonds. The van der Waals surface area contributed by atoms with Crippen molar-refractivity contribution in [3.8, 4) is 0 Å². The zero-order chi connectivity index (χ0) is 15.2. The van der Waals surface area contributed by atoms with E-state index in [2.05, 4.69) is 44.8 Å². The highest BCUT2D eigenvalue weighted by Gasteiger charge is 2.46. The standard InChI is InChI=1S/C16H32N2O2.ClH/c1-6-13-11-14(16(13,4)5)12-17-15(19)20-10-9-18(7-2)8-3;/h13-14H,6-12H2,1-5H3,(H,17,19);1H. The molecule has 0 radical (unpaired) electrons. The molecular weight excluding hydrogens is 288 g/mol. The number of carbonyl (C=O) groups excluding carboxylic acids is 1. The molecular formula is C16H33ClN2O2. The minimum Gasteiger partial charge on any atom is -0.448 e. The number of halogens is 1. The van der Waals surface area contributed by atoms with Crippen LogP contribution in [0.5, 0.6) is 0 Å². The number of hydrogen-bond donors (Lipinski definition) is 1. The number of carbonyl (C=O) groups is 1. The van der Waals surface area contributed by atoms with Crippen molar-refractivity contribution in [2.45, 2.75) is 47.5 Å². The van der Waals surface area contributed by atoms with Crippen molar-refractivity contribution in [3.63, 3.8) is 0 Å². The number of amides is 1. The quantitative estimate of drug-likeness (QED) is 0.743. The molecule has 0 aromatic rings. The average Bonchev–Trinajstić information content (AvgIpc) is 2.42. The molecule has 2 atom stereocenters. The number of nitrogens with zero attached hydrogens (tertiary/aromatic N) is 1. The van der Waals surface area contributed by atoms with Gasteiger partial charge in [0.15, 0.2) is 0 Å². The third-order valence-corrected chi connectivity index (χ3v) is 5.19. The third-order valence-electron chi connectivity index (χ3n) is 5.19. The molecule has 0 spiro atoms. The molecule has 0 bridgehead atoms. The monoisotopic (exact) mass is 320 g/mol. The molecule has 1 aliphatic carbocycles. The van der Waals surface area contributed by atoms with E-state index in [1.165, 1.54) is 12.8 Å². The molecule has 1 N–H and O–H groups in total. The first-order chi connectivity index (χ1) is 9.45. The molecule has 4 nitrogen and oxygen atoms in total. The Labute approximate surface area is 136 Å². The number of hydrogen-bond acceptors (Lipinski definition) is 3. The van der Waals surface area contributed by atoms with E-state index < -0.39 is 0 Å². The van der Waals surface area contributed by atoms with Crippen molar-refractivity contribution in [3.05, 3.63) is 0 Å². The molecule has 1 saturated carbocycles. The van der Waals surface area contributed by atoms with E-state index in [0.29, 0.717) is 17.9 Å². The Balaban J connectivity index is 0.00000400. The van der Waals surface area contributed by atoms with Crippen molar-refractivity contribution in [2.24, 2.45) is 17.3 Å². The van der Waals surface area contributed by atoms with Crippen LogP contribution >= 0.6 is 12.4 Å². The van der Waals surface area contributed by atoms with Crippen LogP contribution in [0.15, 0.2) is 0 Å². The summed E-state index contributed by atoms with van der Waals surface area (Å²) in [4.78, 5) is 13.9. The van der Waals surface area contributed by atoms with Gasteiger partial charge < -0.3 is 15.0 Å². The summed E-state index contributed by atoms with van der Waals surface area (Å²) in [5.74, 6) is 1.38. The van der Waals surface area contributed by atoms with Crippen molar-refractivity contribution < 1.29 is 9.53 Å². The lowest BCUT2D eigenvalue weighted by atomic mass is 9.54. The predicted molar refractivity (Wildman–Crippen MR) is 90.1 cm³/mol. The maximum Gasteiger partial charge on any atom is 0.407 e. The SMILES string of the molecule is CCC1CC(CNC(=O)OCCN(CC)CC)C1(C)C.Cl. The summed E-state index contributed by atoms with van der Waals surface area (Å²) in [7, 11) is 0. The molecule has 21 heavy (non-hydrogen) atoms. The van der Waals surface area contributed by atoms with Crippen molar-refractivity contribution in [1.29, 1.82) is 0 Å². The maximum atomic E-state index is 11.7. The minimum atomic E-state index is -0.270.